The van der Waals surface area contributed by atoms with E-state index in [1.54, 1.807) is 0 Å². The minimum Gasteiger partial charge on any atom is -0.349 e. The molecular weight excluding hydrogens is 312 g/mol. The van der Waals surface area contributed by atoms with Crippen LogP contribution in [0.1, 0.15) is 6.92 Å². The van der Waals surface area contributed by atoms with Gasteiger partial charge in [0, 0.05) is 11.4 Å². The fourth-order valence-corrected chi connectivity index (χ4v) is 2.84. The number of rotatable bonds is 5. The van der Waals surface area contributed by atoms with Crippen molar-refractivity contribution in [1.82, 2.24) is 0 Å². The molecular formula is C17H16N2OS2. The minimum absolute atomic E-state index is 0.0955. The smallest absolute Gasteiger partial charge is 0.146 e. The lowest BCUT2D eigenvalue weighted by molar-refractivity contribution is -0.117. The molecule has 0 heterocycles. The molecule has 2 rings (SSSR count). The molecule has 0 aromatic heterocycles. The van der Waals surface area contributed by atoms with E-state index in [0.29, 0.717) is 9.98 Å². The second kappa shape index (κ2) is 7.77. The Kier molecular flexibility index (Phi) is 5.75. The molecule has 112 valence electrons. The maximum Gasteiger partial charge on any atom is 0.146 e. The Morgan fingerprint density at radius 3 is 1.50 bits per heavy atom. The second-order valence-corrected chi connectivity index (χ2v) is 5.63. The van der Waals surface area contributed by atoms with Gasteiger partial charge in [-0.15, -0.1) is 0 Å². The standard InChI is InChI=1S/C17H16N2OS2/c1-12(20)15(16(21)18-13-8-4-2-5-9-13)17(22)19-14-10-6-3-7-11-14/h2-11,15H,1H3,(H,18,21)(H,19,22). The van der Waals surface area contributed by atoms with E-state index in [9.17, 15) is 4.79 Å². The van der Waals surface area contributed by atoms with Crippen LogP contribution in [0.3, 0.4) is 0 Å². The number of carbonyl (C=O) groups excluding carboxylic acids is 1. The van der Waals surface area contributed by atoms with Gasteiger partial charge in [-0.25, -0.2) is 0 Å². The Morgan fingerprint density at radius 2 is 1.18 bits per heavy atom. The zero-order chi connectivity index (χ0) is 15.9. The van der Waals surface area contributed by atoms with Crippen molar-refractivity contribution in [2.24, 2.45) is 5.92 Å². The van der Waals surface area contributed by atoms with Crippen molar-refractivity contribution in [2.45, 2.75) is 6.92 Å². The Hall–Kier alpha value is -2.11. The van der Waals surface area contributed by atoms with Gasteiger partial charge in [-0.05, 0) is 31.2 Å². The van der Waals surface area contributed by atoms with Crippen molar-refractivity contribution in [3.05, 3.63) is 60.7 Å². The van der Waals surface area contributed by atoms with E-state index in [0.717, 1.165) is 11.4 Å². The summed E-state index contributed by atoms with van der Waals surface area (Å²) in [5, 5.41) is 6.15. The normalized spacial score (nSPS) is 10.1. The molecule has 0 atom stereocenters. The maximum absolute atomic E-state index is 12.0. The van der Waals surface area contributed by atoms with Gasteiger partial charge in [0.15, 0.2) is 0 Å². The number of hydrogen-bond donors (Lipinski definition) is 2. The first-order chi connectivity index (χ1) is 10.6. The fourth-order valence-electron chi connectivity index (χ4n) is 1.96. The number of ketones is 1. The van der Waals surface area contributed by atoms with Gasteiger partial charge in [-0.1, -0.05) is 60.8 Å². The summed E-state index contributed by atoms with van der Waals surface area (Å²) in [5.74, 6) is -0.743. The molecule has 0 fully saturated rings. The molecule has 2 aromatic carbocycles. The molecule has 2 aromatic rings. The summed E-state index contributed by atoms with van der Waals surface area (Å²) in [7, 11) is 0. The van der Waals surface area contributed by atoms with Crippen molar-refractivity contribution >= 4 is 51.6 Å². The summed E-state index contributed by atoms with van der Waals surface area (Å²) >= 11 is 10.7. The molecule has 0 aliphatic heterocycles. The van der Waals surface area contributed by atoms with Gasteiger partial charge >= 0.3 is 0 Å². The Morgan fingerprint density at radius 1 is 0.818 bits per heavy atom. The van der Waals surface area contributed by atoms with Crippen LogP contribution in [-0.4, -0.2) is 15.8 Å². The van der Waals surface area contributed by atoms with Crippen LogP contribution >= 0.6 is 24.4 Å². The fraction of sp³-hybridized carbons (Fsp3) is 0.118. The quantitative estimate of drug-likeness (QED) is 0.810. The average molecular weight is 328 g/mol. The molecule has 2 N–H and O–H groups in total. The lowest BCUT2D eigenvalue weighted by Crippen LogP contribution is -2.36. The van der Waals surface area contributed by atoms with E-state index in [1.807, 2.05) is 60.7 Å². The highest BCUT2D eigenvalue weighted by Gasteiger charge is 2.25. The zero-order valence-electron chi connectivity index (χ0n) is 12.1. The van der Waals surface area contributed by atoms with Gasteiger partial charge in [0.1, 0.15) is 11.7 Å². The highest BCUT2D eigenvalue weighted by atomic mass is 32.1. The molecule has 0 aliphatic rings. The van der Waals surface area contributed by atoms with Crippen molar-refractivity contribution in [1.29, 1.82) is 0 Å². The largest absolute Gasteiger partial charge is 0.349 e. The zero-order valence-corrected chi connectivity index (χ0v) is 13.7. The number of carbonyl (C=O) groups is 1. The van der Waals surface area contributed by atoms with Crippen LogP contribution in [0.2, 0.25) is 0 Å². The molecule has 0 aliphatic carbocycles. The number of thiocarbonyl (C=S) groups is 2. The molecule has 0 saturated carbocycles. The lowest BCUT2D eigenvalue weighted by atomic mass is 10.0. The van der Waals surface area contributed by atoms with Gasteiger partial charge in [0.25, 0.3) is 0 Å². The molecule has 22 heavy (non-hydrogen) atoms. The van der Waals surface area contributed by atoms with E-state index < -0.39 is 5.92 Å². The van der Waals surface area contributed by atoms with Crippen LogP contribution < -0.4 is 10.6 Å². The van der Waals surface area contributed by atoms with Crippen molar-refractivity contribution in [2.75, 3.05) is 10.6 Å². The van der Waals surface area contributed by atoms with E-state index >= 15 is 0 Å². The first-order valence-electron chi connectivity index (χ1n) is 6.80. The van der Waals surface area contributed by atoms with Gasteiger partial charge in [-0.3, -0.25) is 4.79 Å². The summed E-state index contributed by atoms with van der Waals surface area (Å²) < 4.78 is 0. The monoisotopic (exact) mass is 328 g/mol. The summed E-state index contributed by atoms with van der Waals surface area (Å²) in [6.45, 7) is 1.49. The summed E-state index contributed by atoms with van der Waals surface area (Å²) in [6.07, 6.45) is 0. The number of anilines is 2. The van der Waals surface area contributed by atoms with E-state index in [-0.39, 0.29) is 5.78 Å². The van der Waals surface area contributed by atoms with E-state index in [2.05, 4.69) is 10.6 Å². The maximum atomic E-state index is 12.0. The molecule has 0 spiro atoms. The predicted octanol–water partition coefficient (Wildman–Crippen LogP) is 4.07. The predicted molar refractivity (Wildman–Crippen MR) is 99.5 cm³/mol. The van der Waals surface area contributed by atoms with Crippen LogP contribution in [0.25, 0.3) is 0 Å². The lowest BCUT2D eigenvalue weighted by Gasteiger charge is -2.19. The minimum atomic E-state index is -0.648. The molecule has 5 heteroatoms. The number of nitrogens with one attached hydrogen (secondary N) is 2. The first-order valence-corrected chi connectivity index (χ1v) is 7.62. The Balaban J connectivity index is 2.10. The molecule has 0 bridgehead atoms. The van der Waals surface area contributed by atoms with Crippen LogP contribution in [-0.2, 0) is 4.79 Å². The summed E-state index contributed by atoms with van der Waals surface area (Å²) in [6, 6.07) is 19.0. The van der Waals surface area contributed by atoms with Gasteiger partial charge in [0.2, 0.25) is 0 Å². The van der Waals surface area contributed by atoms with Crippen molar-refractivity contribution in [3.8, 4) is 0 Å². The topological polar surface area (TPSA) is 41.1 Å². The average Bonchev–Trinajstić information content (AvgIpc) is 2.48. The molecule has 0 saturated heterocycles. The SMILES string of the molecule is CC(=O)C(C(=S)Nc1ccccc1)C(=S)Nc1ccccc1. The van der Waals surface area contributed by atoms with Crippen LogP contribution in [0.4, 0.5) is 11.4 Å². The van der Waals surface area contributed by atoms with Crippen molar-refractivity contribution in [3.63, 3.8) is 0 Å². The van der Waals surface area contributed by atoms with Crippen molar-refractivity contribution < 1.29 is 4.79 Å². The number of hydrogen-bond acceptors (Lipinski definition) is 3. The third-order valence-electron chi connectivity index (χ3n) is 3.01. The third kappa shape index (κ3) is 4.44. The summed E-state index contributed by atoms with van der Waals surface area (Å²) in [4.78, 5) is 12.7. The molecule has 0 unspecified atom stereocenters. The first kappa shape index (κ1) is 16.3. The molecule has 0 radical (unpaired) electrons. The van der Waals surface area contributed by atoms with Crippen LogP contribution in [0.5, 0.6) is 0 Å². The highest BCUT2D eigenvalue weighted by Crippen LogP contribution is 2.14. The second-order valence-electron chi connectivity index (χ2n) is 4.75. The van der Waals surface area contributed by atoms with Crippen LogP contribution in [0.15, 0.2) is 60.7 Å². The molecule has 3 nitrogen and oxygen atoms in total. The van der Waals surface area contributed by atoms with Gasteiger partial charge in [-0.2, -0.15) is 0 Å². The summed E-state index contributed by atoms with van der Waals surface area (Å²) in [5.41, 5.74) is 1.67. The van der Waals surface area contributed by atoms with E-state index in [1.165, 1.54) is 6.92 Å². The van der Waals surface area contributed by atoms with Gasteiger partial charge < -0.3 is 10.6 Å². The van der Waals surface area contributed by atoms with Crippen LogP contribution in [0, 0.1) is 5.92 Å². The number of Topliss-reactive ketones (excluding diaryl/α,β-unsaturated/α-hetero) is 1. The Labute approximate surface area is 140 Å². The number of para-hydroxylation sites is 2. The third-order valence-corrected chi connectivity index (χ3v) is 3.69. The highest BCUT2D eigenvalue weighted by molar-refractivity contribution is 7.82. The number of benzene rings is 2. The van der Waals surface area contributed by atoms with Gasteiger partial charge in [0.05, 0.1) is 9.98 Å². The molecule has 0 amide bonds. The van der Waals surface area contributed by atoms with E-state index in [4.69, 9.17) is 24.4 Å². The Bertz CT molecular complexity index is 618.